The molecule has 0 saturated heterocycles. The van der Waals surface area contributed by atoms with Crippen molar-refractivity contribution in [1.82, 2.24) is 0 Å². The minimum atomic E-state index is -1.30. The molecule has 0 heterocycles. The lowest BCUT2D eigenvalue weighted by Gasteiger charge is -2.09. The van der Waals surface area contributed by atoms with E-state index in [1.54, 1.807) is 6.07 Å². The number of anilines is 1. The number of nitrogens with zero attached hydrogens (tertiary/aromatic N) is 1. The van der Waals surface area contributed by atoms with Crippen LogP contribution in [-0.4, -0.2) is 11.7 Å². The number of carboxylic acids is 1. The van der Waals surface area contributed by atoms with Crippen LogP contribution >= 0.6 is 11.6 Å². The number of carbonyl (C=O) groups is 1. The van der Waals surface area contributed by atoms with Gasteiger partial charge < -0.3 is 9.90 Å². The highest BCUT2D eigenvalue weighted by Crippen LogP contribution is 2.20. The van der Waals surface area contributed by atoms with Crippen LogP contribution in [0.4, 0.5) is 5.69 Å². The number of hydrogen-bond acceptors (Lipinski definition) is 4. The molecule has 0 fully saturated rings. The van der Waals surface area contributed by atoms with Crippen molar-refractivity contribution < 1.29 is 9.90 Å². The van der Waals surface area contributed by atoms with Crippen LogP contribution in [0.1, 0.15) is 37.6 Å². The number of halogens is 1. The standard InChI is InChI=1S/C13H17ClN2O2/c1-8(2)6-9(3)15-16-10-4-5-12(14)11(7-10)13(17)18/h4-5,7-8,16H,6H2,1-3H3,(H,17,18)/p-1/b15-9-. The van der Waals surface area contributed by atoms with Crippen LogP contribution in [0.25, 0.3) is 0 Å². The SMILES string of the molecule is C/C(CC(C)C)=N/Nc1ccc(Cl)c(C(=O)[O-])c1. The first-order valence-electron chi connectivity index (χ1n) is 5.70. The van der Waals surface area contributed by atoms with Gasteiger partial charge in [0, 0.05) is 16.3 Å². The van der Waals surface area contributed by atoms with Gasteiger partial charge in [-0.25, -0.2) is 0 Å². The molecule has 1 N–H and O–H groups in total. The van der Waals surface area contributed by atoms with Gasteiger partial charge in [-0.1, -0.05) is 25.4 Å². The van der Waals surface area contributed by atoms with Crippen molar-refractivity contribution in [3.05, 3.63) is 28.8 Å². The summed E-state index contributed by atoms with van der Waals surface area (Å²) in [4.78, 5) is 10.8. The quantitative estimate of drug-likeness (QED) is 0.659. The van der Waals surface area contributed by atoms with E-state index in [0.29, 0.717) is 11.6 Å². The molecule has 0 radical (unpaired) electrons. The monoisotopic (exact) mass is 267 g/mol. The van der Waals surface area contributed by atoms with Crippen molar-refractivity contribution in [2.45, 2.75) is 27.2 Å². The Morgan fingerprint density at radius 1 is 1.50 bits per heavy atom. The molecule has 0 aliphatic rings. The highest BCUT2D eigenvalue weighted by atomic mass is 35.5. The highest BCUT2D eigenvalue weighted by Gasteiger charge is 2.03. The second-order valence-electron chi connectivity index (χ2n) is 4.54. The average molecular weight is 268 g/mol. The van der Waals surface area contributed by atoms with Crippen LogP contribution in [0.15, 0.2) is 23.3 Å². The minimum Gasteiger partial charge on any atom is -0.545 e. The van der Waals surface area contributed by atoms with Crippen molar-refractivity contribution in [2.24, 2.45) is 11.0 Å². The first-order valence-corrected chi connectivity index (χ1v) is 6.08. The molecule has 0 bridgehead atoms. The number of carbonyl (C=O) groups excluding carboxylic acids is 1. The van der Waals surface area contributed by atoms with Crippen LogP contribution in [0.5, 0.6) is 0 Å². The van der Waals surface area contributed by atoms with Gasteiger partial charge in [0.05, 0.1) is 11.7 Å². The minimum absolute atomic E-state index is 0.0432. The number of rotatable bonds is 5. The Balaban J connectivity index is 2.80. The molecule has 0 spiro atoms. The summed E-state index contributed by atoms with van der Waals surface area (Å²) in [5.41, 5.74) is 4.29. The maximum absolute atomic E-state index is 10.8. The smallest absolute Gasteiger partial charge is 0.0731 e. The summed E-state index contributed by atoms with van der Waals surface area (Å²) in [7, 11) is 0. The van der Waals surface area contributed by atoms with Gasteiger partial charge in [0.15, 0.2) is 0 Å². The molecule has 1 aromatic rings. The molecule has 0 aliphatic heterocycles. The fourth-order valence-corrected chi connectivity index (χ4v) is 1.74. The molecule has 4 nitrogen and oxygen atoms in total. The molecular weight excluding hydrogens is 252 g/mol. The molecule has 0 atom stereocenters. The predicted molar refractivity (Wildman–Crippen MR) is 72.0 cm³/mol. The molecule has 98 valence electrons. The van der Waals surface area contributed by atoms with E-state index >= 15 is 0 Å². The number of benzene rings is 1. The van der Waals surface area contributed by atoms with Crippen molar-refractivity contribution in [1.29, 1.82) is 0 Å². The molecule has 0 amide bonds. The van der Waals surface area contributed by atoms with Gasteiger partial charge in [-0.2, -0.15) is 5.10 Å². The third kappa shape index (κ3) is 4.37. The summed E-state index contributed by atoms with van der Waals surface area (Å²) in [6.07, 6.45) is 0.883. The van der Waals surface area contributed by atoms with Crippen LogP contribution in [0, 0.1) is 5.92 Å². The number of carboxylic acid groups (broad SMARTS) is 1. The van der Waals surface area contributed by atoms with E-state index in [1.165, 1.54) is 12.1 Å². The van der Waals surface area contributed by atoms with Crippen LogP contribution < -0.4 is 10.5 Å². The van der Waals surface area contributed by atoms with E-state index < -0.39 is 5.97 Å². The fraction of sp³-hybridized carbons (Fsp3) is 0.385. The lowest BCUT2D eigenvalue weighted by molar-refractivity contribution is -0.255. The first-order chi connectivity index (χ1) is 8.40. The summed E-state index contributed by atoms with van der Waals surface area (Å²) >= 11 is 5.74. The Hall–Kier alpha value is -1.55. The van der Waals surface area contributed by atoms with Gasteiger partial charge in [-0.05, 0) is 37.5 Å². The maximum atomic E-state index is 10.8. The van der Waals surface area contributed by atoms with Crippen molar-refractivity contribution in [2.75, 3.05) is 5.43 Å². The van der Waals surface area contributed by atoms with E-state index in [-0.39, 0.29) is 10.6 Å². The van der Waals surface area contributed by atoms with Gasteiger partial charge >= 0.3 is 0 Å². The lowest BCUT2D eigenvalue weighted by atomic mass is 10.1. The van der Waals surface area contributed by atoms with E-state index in [4.69, 9.17) is 11.6 Å². The second kappa shape index (κ2) is 6.40. The Morgan fingerprint density at radius 3 is 2.72 bits per heavy atom. The molecule has 0 unspecified atom stereocenters. The molecule has 0 saturated carbocycles. The van der Waals surface area contributed by atoms with Gasteiger partial charge in [-0.15, -0.1) is 0 Å². The number of nitrogens with one attached hydrogen (secondary N) is 1. The number of hydrogen-bond donors (Lipinski definition) is 1. The molecule has 0 aromatic heterocycles. The van der Waals surface area contributed by atoms with Crippen molar-refractivity contribution in [3.8, 4) is 0 Å². The van der Waals surface area contributed by atoms with Crippen LogP contribution in [-0.2, 0) is 0 Å². The van der Waals surface area contributed by atoms with Gasteiger partial charge in [-0.3, -0.25) is 5.43 Å². The van der Waals surface area contributed by atoms with Gasteiger partial charge in [0.25, 0.3) is 0 Å². The Bertz CT molecular complexity index is 470. The molecule has 18 heavy (non-hydrogen) atoms. The molecule has 1 aromatic carbocycles. The van der Waals surface area contributed by atoms with E-state index in [1.807, 2.05) is 6.92 Å². The van der Waals surface area contributed by atoms with Crippen molar-refractivity contribution >= 4 is 29.0 Å². The van der Waals surface area contributed by atoms with Gasteiger partial charge in [0.2, 0.25) is 0 Å². The predicted octanol–water partition coefficient (Wildman–Crippen LogP) is 2.54. The Morgan fingerprint density at radius 2 is 2.17 bits per heavy atom. The second-order valence-corrected chi connectivity index (χ2v) is 4.95. The average Bonchev–Trinajstić information content (AvgIpc) is 2.26. The summed E-state index contributed by atoms with van der Waals surface area (Å²) in [6.45, 7) is 6.13. The highest BCUT2D eigenvalue weighted by molar-refractivity contribution is 6.33. The summed E-state index contributed by atoms with van der Waals surface area (Å²) < 4.78 is 0. The number of hydrazone groups is 1. The lowest BCUT2D eigenvalue weighted by Crippen LogP contribution is -2.22. The first kappa shape index (κ1) is 14.5. The van der Waals surface area contributed by atoms with Crippen LogP contribution in [0.2, 0.25) is 5.02 Å². The van der Waals surface area contributed by atoms with Crippen LogP contribution in [0.3, 0.4) is 0 Å². The number of aromatic carboxylic acids is 1. The molecule has 5 heteroatoms. The summed E-state index contributed by atoms with van der Waals surface area (Å²) in [5.74, 6) is -0.772. The maximum Gasteiger partial charge on any atom is 0.0731 e. The zero-order chi connectivity index (χ0) is 13.7. The fourth-order valence-electron chi connectivity index (χ4n) is 1.55. The molecule has 1 rings (SSSR count). The third-order valence-corrected chi connectivity index (χ3v) is 2.60. The third-order valence-electron chi connectivity index (χ3n) is 2.27. The zero-order valence-corrected chi connectivity index (χ0v) is 11.4. The largest absolute Gasteiger partial charge is 0.545 e. The topological polar surface area (TPSA) is 64.5 Å². The Labute approximate surface area is 112 Å². The van der Waals surface area contributed by atoms with E-state index in [0.717, 1.165) is 12.1 Å². The molecule has 0 aliphatic carbocycles. The molecular formula is C13H16ClN2O2-. The summed E-state index contributed by atoms with van der Waals surface area (Å²) in [5, 5.41) is 15.1. The van der Waals surface area contributed by atoms with E-state index in [9.17, 15) is 9.90 Å². The van der Waals surface area contributed by atoms with E-state index in [2.05, 4.69) is 24.4 Å². The van der Waals surface area contributed by atoms with Crippen molar-refractivity contribution in [3.63, 3.8) is 0 Å². The zero-order valence-electron chi connectivity index (χ0n) is 10.7. The summed E-state index contributed by atoms with van der Waals surface area (Å²) in [6, 6.07) is 4.58. The van der Waals surface area contributed by atoms with Gasteiger partial charge in [0.1, 0.15) is 0 Å². The Kier molecular flexibility index (Phi) is 5.16. The normalized spacial score (nSPS) is 11.7.